The Morgan fingerprint density at radius 3 is 1.18 bits per heavy atom. The molecule has 1 saturated carbocycles. The molecule has 0 heterocycles. The summed E-state index contributed by atoms with van der Waals surface area (Å²) in [7, 11) is 0. The Balaban J connectivity index is -0.0000000470. The van der Waals surface area contributed by atoms with Crippen molar-refractivity contribution in [3.05, 3.63) is 31.7 Å². The van der Waals surface area contributed by atoms with Crippen LogP contribution in [0, 0.1) is 20.2 Å². The zero-order chi connectivity index (χ0) is 11.4. The Morgan fingerprint density at radius 1 is 0.882 bits per heavy atom. The monoisotopic (exact) mass is 435 g/mol. The van der Waals surface area contributed by atoms with Crippen molar-refractivity contribution >= 4 is 0 Å². The number of nitrogens with zero attached hydrogens (tertiary/aromatic N) is 2. The second-order valence-corrected chi connectivity index (χ2v) is 2.65. The molecule has 11 heteroatoms. The van der Waals surface area contributed by atoms with E-state index in [1.54, 1.807) is 0 Å². The third-order valence-corrected chi connectivity index (χ3v) is 1.77. The van der Waals surface area contributed by atoms with Gasteiger partial charge >= 0.3 is 21.1 Å². The maximum Gasteiger partial charge on any atom is 2.00 e. The van der Waals surface area contributed by atoms with Crippen molar-refractivity contribution in [3.8, 4) is 0 Å². The Bertz CT molecular complexity index is 138. The summed E-state index contributed by atoms with van der Waals surface area (Å²) in [5, 5.41) is 18.0. The zero-order valence-electron chi connectivity index (χ0n) is 8.83. The molecule has 2 atom stereocenters. The molecule has 0 saturated heterocycles. The second-order valence-electron chi connectivity index (χ2n) is 2.65. The van der Waals surface area contributed by atoms with Gasteiger partial charge in [0.1, 0.15) is 0 Å². The van der Waals surface area contributed by atoms with E-state index in [-0.39, 0.29) is 44.1 Å². The van der Waals surface area contributed by atoms with Crippen LogP contribution in [0.1, 0.15) is 25.7 Å². The summed E-state index contributed by atoms with van der Waals surface area (Å²) in [5.74, 6) is 0. The quantitative estimate of drug-likeness (QED) is 0.405. The minimum Gasteiger partial charge on any atom is -0.676 e. The molecule has 0 aromatic carbocycles. The standard InChI is InChI=1S/C6H12N2.2HNO2.2H2O.Pt/c7-5-3-1-2-4-6(5)8;2*2-1-3;;;/h5-8H,1-4H2;2*(H,2,3);2*1H2;/q-2;;;;;+2/p-2/t5-,6-;;;;;/m1...../s1. The topological polar surface area (TPSA) is 216 Å². The van der Waals surface area contributed by atoms with Gasteiger partial charge in [-0.25, -0.2) is 0 Å². The molecule has 17 heavy (non-hydrogen) atoms. The van der Waals surface area contributed by atoms with E-state index >= 15 is 0 Å². The molecule has 0 aromatic rings. The van der Waals surface area contributed by atoms with Gasteiger partial charge in [-0.15, -0.1) is 10.7 Å². The Hall–Kier alpha value is -0.672. The molecule has 0 radical (unpaired) electrons. The van der Waals surface area contributed by atoms with Crippen LogP contribution in [0.15, 0.2) is 10.7 Å². The van der Waals surface area contributed by atoms with Crippen molar-refractivity contribution in [2.45, 2.75) is 37.8 Å². The maximum absolute atomic E-state index is 8.00. The van der Waals surface area contributed by atoms with Crippen LogP contribution in [0.2, 0.25) is 0 Å². The summed E-state index contributed by atoms with van der Waals surface area (Å²) < 4.78 is 0. The largest absolute Gasteiger partial charge is 2.00 e. The van der Waals surface area contributed by atoms with E-state index in [9.17, 15) is 0 Å². The number of nitrogens with one attached hydrogen (secondary N) is 2. The molecule has 1 aliphatic rings. The van der Waals surface area contributed by atoms with Crippen LogP contribution in [0.3, 0.4) is 0 Å². The van der Waals surface area contributed by atoms with Crippen molar-refractivity contribution in [1.29, 1.82) is 0 Å². The van der Waals surface area contributed by atoms with Crippen molar-refractivity contribution in [1.82, 2.24) is 0 Å². The molecular weight excluding hydrogens is 419 g/mol. The first-order valence-electron chi connectivity index (χ1n) is 3.96. The van der Waals surface area contributed by atoms with Crippen LogP contribution in [0.25, 0.3) is 11.5 Å². The van der Waals surface area contributed by atoms with Gasteiger partial charge in [-0.05, 0) is 0 Å². The van der Waals surface area contributed by atoms with Gasteiger partial charge in [0.15, 0.2) is 0 Å². The summed E-state index contributed by atoms with van der Waals surface area (Å²) in [6.45, 7) is 0. The molecule has 0 bridgehead atoms. The molecule has 0 spiro atoms. The molecule has 1 rings (SSSR count). The smallest absolute Gasteiger partial charge is 0.676 e. The maximum atomic E-state index is 8.00. The van der Waals surface area contributed by atoms with E-state index in [2.05, 4.69) is 0 Å². The second kappa shape index (κ2) is 24.5. The van der Waals surface area contributed by atoms with Crippen molar-refractivity contribution < 1.29 is 32.0 Å². The molecule has 0 aromatic heterocycles. The van der Waals surface area contributed by atoms with E-state index < -0.39 is 0 Å². The van der Waals surface area contributed by atoms with E-state index in [0.29, 0.717) is 0 Å². The molecular formula is C6H16N4O6Pt-2. The van der Waals surface area contributed by atoms with Crippen LogP contribution in [-0.4, -0.2) is 23.0 Å². The fraction of sp³-hybridized carbons (Fsp3) is 1.00. The van der Waals surface area contributed by atoms with Gasteiger partial charge in [0.25, 0.3) is 0 Å². The predicted octanol–water partition coefficient (Wildman–Crippen LogP) is 1.25. The van der Waals surface area contributed by atoms with Gasteiger partial charge in [0.05, 0.1) is 0 Å². The zero-order valence-corrected chi connectivity index (χ0v) is 11.1. The summed E-state index contributed by atoms with van der Waals surface area (Å²) in [4.78, 5) is 16.0. The summed E-state index contributed by atoms with van der Waals surface area (Å²) in [5.41, 5.74) is 14.6. The van der Waals surface area contributed by atoms with Gasteiger partial charge in [0.2, 0.25) is 0 Å². The minimum absolute atomic E-state index is 0. The van der Waals surface area contributed by atoms with E-state index in [1.807, 2.05) is 0 Å². The van der Waals surface area contributed by atoms with Crippen molar-refractivity contribution in [2.75, 3.05) is 0 Å². The summed E-state index contributed by atoms with van der Waals surface area (Å²) >= 11 is 0. The van der Waals surface area contributed by atoms with Gasteiger partial charge < -0.3 is 42.6 Å². The Labute approximate surface area is 112 Å². The van der Waals surface area contributed by atoms with Crippen LogP contribution in [-0.2, 0) is 21.1 Å². The van der Waals surface area contributed by atoms with Gasteiger partial charge in [0, 0.05) is 0 Å². The summed E-state index contributed by atoms with van der Waals surface area (Å²) in [6.07, 6.45) is 4.25. The van der Waals surface area contributed by atoms with Crippen LogP contribution < -0.4 is 0 Å². The summed E-state index contributed by atoms with van der Waals surface area (Å²) in [6, 6.07) is -0.160. The molecule has 10 nitrogen and oxygen atoms in total. The van der Waals surface area contributed by atoms with Crippen LogP contribution in [0.4, 0.5) is 0 Å². The third-order valence-electron chi connectivity index (χ3n) is 1.77. The Morgan fingerprint density at radius 2 is 1.06 bits per heavy atom. The third kappa shape index (κ3) is 25.5. The number of rotatable bonds is 0. The molecule has 0 amide bonds. The Kier molecular flexibility index (Phi) is 43.1. The van der Waals surface area contributed by atoms with Gasteiger partial charge in [-0.1, -0.05) is 25.7 Å². The molecule has 1 fully saturated rings. The SMILES string of the molecule is O.O.O=N[O-].O=N[O-].[NH-][C@@H]1CCCC[C@H]1[NH-].[Pt+2]. The average molecular weight is 435 g/mol. The van der Waals surface area contributed by atoms with Gasteiger partial charge in [-0.2, -0.15) is 12.1 Å². The van der Waals surface area contributed by atoms with E-state index in [0.717, 1.165) is 23.5 Å². The number of hydrogen-bond acceptors (Lipinski definition) is 6. The molecule has 0 unspecified atom stereocenters. The first-order chi connectivity index (χ1) is 6.63. The molecule has 0 aliphatic heterocycles. The molecule has 6 N–H and O–H groups in total. The van der Waals surface area contributed by atoms with Crippen LogP contribution >= 0.6 is 0 Å². The fourth-order valence-corrected chi connectivity index (χ4v) is 1.13. The fourth-order valence-electron chi connectivity index (χ4n) is 1.13. The molecule has 1 aliphatic carbocycles. The van der Waals surface area contributed by atoms with Crippen molar-refractivity contribution in [3.63, 3.8) is 0 Å². The molecule has 108 valence electrons. The van der Waals surface area contributed by atoms with E-state index in [1.165, 1.54) is 12.8 Å². The first kappa shape index (κ1) is 29.9. The van der Waals surface area contributed by atoms with Crippen molar-refractivity contribution in [2.24, 2.45) is 10.7 Å². The first-order valence-corrected chi connectivity index (χ1v) is 3.96. The normalized spacial score (nSPS) is 20.1. The predicted molar refractivity (Wildman–Crippen MR) is 60.2 cm³/mol. The van der Waals surface area contributed by atoms with E-state index in [4.69, 9.17) is 31.7 Å². The van der Waals surface area contributed by atoms with Gasteiger partial charge in [-0.3, -0.25) is 0 Å². The van der Waals surface area contributed by atoms with Crippen LogP contribution in [0.5, 0.6) is 0 Å². The average Bonchev–Trinajstić information content (AvgIpc) is 2.13. The number of hydrogen-bond donors (Lipinski definition) is 0. The minimum atomic E-state index is -0.0799.